The number of amides is 1. The summed E-state index contributed by atoms with van der Waals surface area (Å²) in [7, 11) is 1.89. The summed E-state index contributed by atoms with van der Waals surface area (Å²) in [4.78, 5) is 11.5. The molecule has 0 aliphatic heterocycles. The van der Waals surface area contributed by atoms with E-state index in [1.54, 1.807) is 4.68 Å². The summed E-state index contributed by atoms with van der Waals surface area (Å²) in [5.74, 6) is 0.663. The molecule has 1 saturated carbocycles. The fourth-order valence-corrected chi connectivity index (χ4v) is 1.70. The van der Waals surface area contributed by atoms with Gasteiger partial charge in [0.05, 0.1) is 11.4 Å². The number of aromatic nitrogens is 2. The van der Waals surface area contributed by atoms with E-state index in [9.17, 15) is 4.79 Å². The number of rotatable bonds is 4. The Hall–Kier alpha value is -1.32. The van der Waals surface area contributed by atoms with Crippen LogP contribution in [0.3, 0.4) is 0 Å². The predicted octanol–water partition coefficient (Wildman–Crippen LogP) is 2.04. The fourth-order valence-electron chi connectivity index (χ4n) is 1.70. The first-order valence-corrected chi connectivity index (χ1v) is 5.54. The molecule has 1 N–H and O–H groups in total. The molecule has 1 amide bonds. The van der Waals surface area contributed by atoms with E-state index >= 15 is 0 Å². The standard InChI is InChI=1S/C11H17N3O/c1-3-4-10(15)12-9-7-14(2)13-11(9)8-5-6-8/h7-8H,3-6H2,1-2H3,(H,12,15). The van der Waals surface area contributed by atoms with Crippen LogP contribution in [-0.2, 0) is 11.8 Å². The smallest absolute Gasteiger partial charge is 0.224 e. The Kier molecular flexibility index (Phi) is 2.75. The van der Waals surface area contributed by atoms with Crippen LogP contribution in [0, 0.1) is 0 Å². The molecule has 1 aliphatic carbocycles. The van der Waals surface area contributed by atoms with Crippen LogP contribution >= 0.6 is 0 Å². The Morgan fingerprint density at radius 3 is 3.00 bits per heavy atom. The van der Waals surface area contributed by atoms with Gasteiger partial charge in [-0.2, -0.15) is 5.10 Å². The molecule has 1 aliphatic rings. The van der Waals surface area contributed by atoms with Gasteiger partial charge in [-0.15, -0.1) is 0 Å². The second-order valence-corrected chi connectivity index (χ2v) is 4.17. The van der Waals surface area contributed by atoms with Crippen LogP contribution in [-0.4, -0.2) is 15.7 Å². The highest BCUT2D eigenvalue weighted by atomic mass is 16.1. The summed E-state index contributed by atoms with van der Waals surface area (Å²) in [6, 6.07) is 0. The minimum absolute atomic E-state index is 0.0902. The molecular weight excluding hydrogens is 190 g/mol. The first kappa shape index (κ1) is 10.2. The van der Waals surface area contributed by atoms with E-state index in [1.165, 1.54) is 12.8 Å². The van der Waals surface area contributed by atoms with Crippen molar-refractivity contribution in [2.75, 3.05) is 5.32 Å². The molecule has 0 spiro atoms. The van der Waals surface area contributed by atoms with E-state index in [0.29, 0.717) is 12.3 Å². The summed E-state index contributed by atoms with van der Waals surface area (Å²) >= 11 is 0. The molecule has 4 heteroatoms. The summed E-state index contributed by atoms with van der Waals surface area (Å²) in [5.41, 5.74) is 1.96. The molecule has 0 radical (unpaired) electrons. The third-order valence-corrected chi connectivity index (χ3v) is 2.57. The average molecular weight is 207 g/mol. The van der Waals surface area contributed by atoms with Crippen molar-refractivity contribution in [1.29, 1.82) is 0 Å². The molecule has 15 heavy (non-hydrogen) atoms. The number of carbonyl (C=O) groups is 1. The maximum atomic E-state index is 11.5. The molecule has 1 aromatic rings. The van der Waals surface area contributed by atoms with Gasteiger partial charge in [-0.05, 0) is 19.3 Å². The van der Waals surface area contributed by atoms with Crippen LogP contribution in [0.1, 0.15) is 44.2 Å². The molecule has 0 atom stereocenters. The van der Waals surface area contributed by atoms with Crippen molar-refractivity contribution < 1.29 is 4.79 Å². The molecule has 1 heterocycles. The first-order valence-electron chi connectivity index (χ1n) is 5.54. The molecular formula is C11H17N3O. The Balaban J connectivity index is 2.09. The largest absolute Gasteiger partial charge is 0.323 e. The molecule has 1 fully saturated rings. The summed E-state index contributed by atoms with van der Waals surface area (Å²) in [6.07, 6.45) is 5.76. The molecule has 4 nitrogen and oxygen atoms in total. The average Bonchev–Trinajstić information content (AvgIpc) is 2.92. The van der Waals surface area contributed by atoms with Gasteiger partial charge in [-0.1, -0.05) is 6.92 Å². The third kappa shape index (κ3) is 2.37. The van der Waals surface area contributed by atoms with E-state index in [4.69, 9.17) is 0 Å². The summed E-state index contributed by atoms with van der Waals surface area (Å²) in [6.45, 7) is 2.00. The van der Waals surface area contributed by atoms with Gasteiger partial charge in [0, 0.05) is 25.6 Å². The van der Waals surface area contributed by atoms with Crippen molar-refractivity contribution in [3.05, 3.63) is 11.9 Å². The van der Waals surface area contributed by atoms with Crippen LogP contribution < -0.4 is 5.32 Å². The number of nitrogens with zero attached hydrogens (tertiary/aromatic N) is 2. The highest BCUT2D eigenvalue weighted by Crippen LogP contribution is 2.42. The van der Waals surface area contributed by atoms with E-state index in [2.05, 4.69) is 10.4 Å². The number of anilines is 1. The van der Waals surface area contributed by atoms with Gasteiger partial charge in [0.25, 0.3) is 0 Å². The first-order chi connectivity index (χ1) is 7.20. The van der Waals surface area contributed by atoms with Gasteiger partial charge in [0.1, 0.15) is 0 Å². The second kappa shape index (κ2) is 4.04. The zero-order valence-electron chi connectivity index (χ0n) is 9.29. The third-order valence-electron chi connectivity index (χ3n) is 2.57. The molecule has 0 unspecified atom stereocenters. The van der Waals surface area contributed by atoms with Crippen LogP contribution in [0.2, 0.25) is 0 Å². The van der Waals surface area contributed by atoms with E-state index in [0.717, 1.165) is 17.8 Å². The number of carbonyl (C=O) groups excluding carboxylic acids is 1. The number of hydrogen-bond acceptors (Lipinski definition) is 2. The van der Waals surface area contributed by atoms with Gasteiger partial charge in [-0.3, -0.25) is 9.48 Å². The Morgan fingerprint density at radius 1 is 1.67 bits per heavy atom. The zero-order chi connectivity index (χ0) is 10.8. The Bertz CT molecular complexity index is 366. The number of nitrogens with one attached hydrogen (secondary N) is 1. The SMILES string of the molecule is CCCC(=O)Nc1cn(C)nc1C1CC1. The van der Waals surface area contributed by atoms with Gasteiger partial charge >= 0.3 is 0 Å². The van der Waals surface area contributed by atoms with Gasteiger partial charge < -0.3 is 5.32 Å². The molecule has 1 aromatic heterocycles. The van der Waals surface area contributed by atoms with Gasteiger partial charge in [0.15, 0.2) is 0 Å². The molecule has 0 aromatic carbocycles. The lowest BCUT2D eigenvalue weighted by molar-refractivity contribution is -0.116. The van der Waals surface area contributed by atoms with Crippen molar-refractivity contribution in [3.63, 3.8) is 0 Å². The quantitative estimate of drug-likeness (QED) is 0.821. The summed E-state index contributed by atoms with van der Waals surface area (Å²) in [5, 5.41) is 7.32. The highest BCUT2D eigenvalue weighted by molar-refractivity contribution is 5.91. The molecule has 2 rings (SSSR count). The second-order valence-electron chi connectivity index (χ2n) is 4.17. The van der Waals surface area contributed by atoms with Crippen molar-refractivity contribution in [3.8, 4) is 0 Å². The van der Waals surface area contributed by atoms with E-state index < -0.39 is 0 Å². The van der Waals surface area contributed by atoms with Crippen LogP contribution in [0.4, 0.5) is 5.69 Å². The van der Waals surface area contributed by atoms with Crippen LogP contribution in [0.25, 0.3) is 0 Å². The highest BCUT2D eigenvalue weighted by Gasteiger charge is 2.29. The van der Waals surface area contributed by atoms with Crippen molar-refractivity contribution in [2.45, 2.75) is 38.5 Å². The molecule has 0 saturated heterocycles. The molecule has 0 bridgehead atoms. The monoisotopic (exact) mass is 207 g/mol. The lowest BCUT2D eigenvalue weighted by Crippen LogP contribution is -2.11. The maximum Gasteiger partial charge on any atom is 0.224 e. The fraction of sp³-hybridized carbons (Fsp3) is 0.636. The predicted molar refractivity (Wildman–Crippen MR) is 58.7 cm³/mol. The topological polar surface area (TPSA) is 46.9 Å². The number of hydrogen-bond donors (Lipinski definition) is 1. The minimum Gasteiger partial charge on any atom is -0.323 e. The van der Waals surface area contributed by atoms with Crippen molar-refractivity contribution in [2.24, 2.45) is 7.05 Å². The van der Waals surface area contributed by atoms with E-state index in [-0.39, 0.29) is 5.91 Å². The van der Waals surface area contributed by atoms with Crippen LogP contribution in [0.15, 0.2) is 6.20 Å². The van der Waals surface area contributed by atoms with Crippen LogP contribution in [0.5, 0.6) is 0 Å². The van der Waals surface area contributed by atoms with Crippen molar-refractivity contribution in [1.82, 2.24) is 9.78 Å². The van der Waals surface area contributed by atoms with Gasteiger partial charge in [0.2, 0.25) is 5.91 Å². The van der Waals surface area contributed by atoms with Gasteiger partial charge in [-0.25, -0.2) is 0 Å². The Labute approximate surface area is 89.7 Å². The summed E-state index contributed by atoms with van der Waals surface area (Å²) < 4.78 is 1.77. The normalized spacial score (nSPS) is 15.3. The zero-order valence-corrected chi connectivity index (χ0v) is 9.29. The lowest BCUT2D eigenvalue weighted by Gasteiger charge is -2.02. The minimum atomic E-state index is 0.0902. The maximum absolute atomic E-state index is 11.5. The molecule has 82 valence electrons. The van der Waals surface area contributed by atoms with E-state index in [1.807, 2.05) is 20.2 Å². The lowest BCUT2D eigenvalue weighted by atomic mass is 10.2. The number of aryl methyl sites for hydroxylation is 1. The Morgan fingerprint density at radius 2 is 2.40 bits per heavy atom. The van der Waals surface area contributed by atoms with Crippen molar-refractivity contribution >= 4 is 11.6 Å².